The van der Waals surface area contributed by atoms with Crippen molar-refractivity contribution >= 4 is 0 Å². The lowest BCUT2D eigenvalue weighted by atomic mass is 9.89. The van der Waals surface area contributed by atoms with Gasteiger partial charge in [-0.25, -0.2) is 4.98 Å². The summed E-state index contributed by atoms with van der Waals surface area (Å²) in [6.07, 6.45) is 8.76. The van der Waals surface area contributed by atoms with Gasteiger partial charge in [-0.3, -0.25) is 0 Å². The first kappa shape index (κ1) is 14.5. The second kappa shape index (κ2) is 7.06. The van der Waals surface area contributed by atoms with Crippen LogP contribution in [0.25, 0.3) is 0 Å². The largest absolute Gasteiger partial charge is 0.378 e. The zero-order valence-corrected chi connectivity index (χ0v) is 12.4. The highest BCUT2D eigenvalue weighted by Gasteiger charge is 2.33. The maximum atomic E-state index is 5.86. The smallest absolute Gasteiger partial charge is 0.109 e. The van der Waals surface area contributed by atoms with E-state index in [0.717, 1.165) is 31.8 Å². The van der Waals surface area contributed by atoms with E-state index in [1.54, 1.807) is 0 Å². The van der Waals surface area contributed by atoms with Crippen LogP contribution in [-0.4, -0.2) is 34.8 Å². The molecule has 0 amide bonds. The average Bonchev–Trinajstić information content (AvgIpc) is 3.03. The first-order chi connectivity index (χ1) is 9.26. The Morgan fingerprint density at radius 3 is 3.00 bits per heavy atom. The monoisotopic (exact) mass is 265 g/mol. The lowest BCUT2D eigenvalue weighted by Crippen LogP contribution is -2.42. The molecule has 3 unspecified atom stereocenters. The fraction of sp³-hybridized carbons (Fsp3) is 0.800. The molecule has 4 nitrogen and oxygen atoms in total. The van der Waals surface area contributed by atoms with Crippen molar-refractivity contribution in [3.8, 4) is 0 Å². The van der Waals surface area contributed by atoms with Gasteiger partial charge in [0.05, 0.1) is 6.10 Å². The molecule has 0 aliphatic carbocycles. The van der Waals surface area contributed by atoms with E-state index in [4.69, 9.17) is 4.74 Å². The molecule has 0 saturated carbocycles. The molecule has 1 aromatic rings. The lowest BCUT2D eigenvalue weighted by molar-refractivity contribution is 0.0772. The van der Waals surface area contributed by atoms with Gasteiger partial charge in [0, 0.05) is 44.4 Å². The van der Waals surface area contributed by atoms with Crippen molar-refractivity contribution in [2.75, 3.05) is 13.2 Å². The van der Waals surface area contributed by atoms with E-state index in [9.17, 15) is 0 Å². The maximum Gasteiger partial charge on any atom is 0.109 e. The Hall–Kier alpha value is -0.870. The molecule has 3 atom stereocenters. The van der Waals surface area contributed by atoms with Crippen LogP contribution in [0.4, 0.5) is 0 Å². The molecule has 4 heteroatoms. The molecule has 0 radical (unpaired) electrons. The summed E-state index contributed by atoms with van der Waals surface area (Å²) >= 11 is 0. The van der Waals surface area contributed by atoms with E-state index in [-0.39, 0.29) is 0 Å². The standard InChI is InChI=1S/C15H27N3O/c1-4-7-16-13(11-15-17-8-9-18(15)3)12-6-10-19-14(12)5-2/h8-9,12-14,16H,4-7,10-11H2,1-3H3. The molecule has 108 valence electrons. The molecular weight excluding hydrogens is 238 g/mol. The molecular formula is C15H27N3O. The number of nitrogens with one attached hydrogen (secondary N) is 1. The van der Waals surface area contributed by atoms with E-state index >= 15 is 0 Å². The van der Waals surface area contributed by atoms with Crippen molar-refractivity contribution in [2.45, 2.75) is 51.7 Å². The van der Waals surface area contributed by atoms with Crippen LogP contribution in [0.3, 0.4) is 0 Å². The van der Waals surface area contributed by atoms with Crippen LogP contribution in [-0.2, 0) is 18.2 Å². The van der Waals surface area contributed by atoms with Crippen molar-refractivity contribution in [2.24, 2.45) is 13.0 Å². The molecule has 2 rings (SSSR count). The number of hydrogen-bond donors (Lipinski definition) is 1. The number of ether oxygens (including phenoxy) is 1. The predicted octanol–water partition coefficient (Wildman–Crippen LogP) is 2.15. The highest BCUT2D eigenvalue weighted by molar-refractivity contribution is 4.98. The summed E-state index contributed by atoms with van der Waals surface area (Å²) in [7, 11) is 2.07. The molecule has 1 N–H and O–H groups in total. The number of hydrogen-bond acceptors (Lipinski definition) is 3. The highest BCUT2D eigenvalue weighted by Crippen LogP contribution is 2.28. The Kier molecular flexibility index (Phi) is 5.40. The summed E-state index contributed by atoms with van der Waals surface area (Å²) in [4.78, 5) is 4.47. The number of aryl methyl sites for hydroxylation is 1. The fourth-order valence-corrected chi connectivity index (χ4v) is 3.04. The Morgan fingerprint density at radius 1 is 1.53 bits per heavy atom. The summed E-state index contributed by atoms with van der Waals surface area (Å²) in [5, 5.41) is 3.71. The van der Waals surface area contributed by atoms with E-state index in [1.165, 1.54) is 12.8 Å². The van der Waals surface area contributed by atoms with Crippen molar-refractivity contribution in [1.82, 2.24) is 14.9 Å². The van der Waals surface area contributed by atoms with Crippen LogP contribution in [0.2, 0.25) is 0 Å². The zero-order chi connectivity index (χ0) is 13.7. The van der Waals surface area contributed by atoms with Gasteiger partial charge >= 0.3 is 0 Å². The van der Waals surface area contributed by atoms with Gasteiger partial charge in [0.2, 0.25) is 0 Å². The van der Waals surface area contributed by atoms with Crippen LogP contribution in [0.15, 0.2) is 12.4 Å². The van der Waals surface area contributed by atoms with Gasteiger partial charge in [-0.15, -0.1) is 0 Å². The quantitative estimate of drug-likeness (QED) is 0.821. The average molecular weight is 265 g/mol. The molecule has 19 heavy (non-hydrogen) atoms. The second-order valence-corrected chi connectivity index (χ2v) is 5.49. The minimum Gasteiger partial charge on any atom is -0.378 e. The third kappa shape index (κ3) is 3.57. The molecule has 1 saturated heterocycles. The number of imidazole rings is 1. The maximum absolute atomic E-state index is 5.86. The summed E-state index contributed by atoms with van der Waals surface area (Å²) < 4.78 is 7.98. The van der Waals surface area contributed by atoms with E-state index < -0.39 is 0 Å². The lowest BCUT2D eigenvalue weighted by Gasteiger charge is -2.28. The summed E-state index contributed by atoms with van der Waals surface area (Å²) in [5.41, 5.74) is 0. The third-order valence-corrected chi connectivity index (χ3v) is 4.16. The van der Waals surface area contributed by atoms with Crippen LogP contribution in [0.1, 0.15) is 38.9 Å². The van der Waals surface area contributed by atoms with E-state index in [2.05, 4.69) is 35.8 Å². The Balaban J connectivity index is 2.04. The Labute approximate surface area is 116 Å². The molecule has 0 spiro atoms. The SMILES string of the molecule is CCCNC(Cc1nccn1C)C1CCOC1CC. The molecule has 1 aliphatic rings. The summed E-state index contributed by atoms with van der Waals surface area (Å²) in [5.74, 6) is 1.78. The second-order valence-electron chi connectivity index (χ2n) is 5.49. The number of rotatable bonds is 7. The van der Waals surface area contributed by atoms with Gasteiger partial charge < -0.3 is 14.6 Å². The van der Waals surface area contributed by atoms with Gasteiger partial charge in [0.1, 0.15) is 5.82 Å². The van der Waals surface area contributed by atoms with Crippen molar-refractivity contribution < 1.29 is 4.74 Å². The zero-order valence-electron chi connectivity index (χ0n) is 12.4. The van der Waals surface area contributed by atoms with Gasteiger partial charge in [-0.1, -0.05) is 13.8 Å². The molecule has 0 aromatic carbocycles. The van der Waals surface area contributed by atoms with Crippen LogP contribution < -0.4 is 5.32 Å². The normalized spacial score (nSPS) is 24.8. The third-order valence-electron chi connectivity index (χ3n) is 4.16. The first-order valence-electron chi connectivity index (χ1n) is 7.57. The van der Waals surface area contributed by atoms with Crippen molar-refractivity contribution in [3.05, 3.63) is 18.2 Å². The van der Waals surface area contributed by atoms with Crippen LogP contribution in [0.5, 0.6) is 0 Å². The van der Waals surface area contributed by atoms with Crippen molar-refractivity contribution in [1.29, 1.82) is 0 Å². The summed E-state index contributed by atoms with van der Waals surface area (Å²) in [6, 6.07) is 0.480. The van der Waals surface area contributed by atoms with Gasteiger partial charge in [-0.2, -0.15) is 0 Å². The molecule has 1 aromatic heterocycles. The van der Waals surface area contributed by atoms with Gasteiger partial charge in [-0.05, 0) is 25.8 Å². The van der Waals surface area contributed by atoms with Crippen LogP contribution in [0, 0.1) is 5.92 Å². The van der Waals surface area contributed by atoms with Gasteiger partial charge in [0.25, 0.3) is 0 Å². The molecule has 1 aliphatic heterocycles. The minimum atomic E-state index is 0.412. The predicted molar refractivity (Wildman–Crippen MR) is 77.1 cm³/mol. The minimum absolute atomic E-state index is 0.412. The number of nitrogens with zero attached hydrogens (tertiary/aromatic N) is 2. The summed E-state index contributed by atoms with van der Waals surface area (Å²) in [6.45, 7) is 6.42. The number of aromatic nitrogens is 2. The van der Waals surface area contributed by atoms with E-state index in [0.29, 0.717) is 18.1 Å². The molecule has 1 fully saturated rings. The Bertz CT molecular complexity index is 377. The van der Waals surface area contributed by atoms with Crippen molar-refractivity contribution in [3.63, 3.8) is 0 Å². The molecule has 2 heterocycles. The first-order valence-corrected chi connectivity index (χ1v) is 7.57. The topological polar surface area (TPSA) is 39.1 Å². The highest BCUT2D eigenvalue weighted by atomic mass is 16.5. The van der Waals surface area contributed by atoms with E-state index in [1.807, 2.05) is 12.4 Å². The molecule has 0 bridgehead atoms. The fourth-order valence-electron chi connectivity index (χ4n) is 3.04. The Morgan fingerprint density at radius 2 is 2.37 bits per heavy atom. The van der Waals surface area contributed by atoms with Crippen LogP contribution >= 0.6 is 0 Å². The van der Waals surface area contributed by atoms with Gasteiger partial charge in [0.15, 0.2) is 0 Å².